The Morgan fingerprint density at radius 3 is 2.59 bits per heavy atom. The second-order valence-corrected chi connectivity index (χ2v) is 6.51. The quantitative estimate of drug-likeness (QED) is 0.748. The predicted molar refractivity (Wildman–Crippen MR) is 97.7 cm³/mol. The fourth-order valence-electron chi connectivity index (χ4n) is 3.32. The van der Waals surface area contributed by atoms with Crippen LogP contribution in [0.1, 0.15) is 34.9 Å². The largest absolute Gasteiger partial charge is 0.381 e. The van der Waals surface area contributed by atoms with Gasteiger partial charge in [-0.1, -0.05) is 11.2 Å². The molecule has 1 N–H and O–H groups in total. The number of amides is 1. The Balaban J connectivity index is 1.54. The van der Waals surface area contributed by atoms with Crippen LogP contribution in [-0.2, 0) is 4.74 Å². The van der Waals surface area contributed by atoms with Gasteiger partial charge in [0.2, 0.25) is 0 Å². The number of hydrogen-bond acceptors (Lipinski definition) is 6. The van der Waals surface area contributed by atoms with Crippen molar-refractivity contribution in [3.8, 4) is 11.3 Å². The van der Waals surface area contributed by atoms with Crippen LogP contribution in [0.2, 0.25) is 0 Å². The maximum Gasteiger partial charge on any atom is 0.273 e. The normalized spacial score (nSPS) is 16.0. The first kappa shape index (κ1) is 17.4. The van der Waals surface area contributed by atoms with E-state index in [1.165, 1.54) is 0 Å². The summed E-state index contributed by atoms with van der Waals surface area (Å²) in [6.07, 6.45) is 8.65. The summed E-state index contributed by atoms with van der Waals surface area (Å²) >= 11 is 0. The molecule has 0 saturated carbocycles. The van der Waals surface area contributed by atoms with Crippen molar-refractivity contribution in [2.45, 2.75) is 18.9 Å². The molecule has 0 aromatic carbocycles. The minimum Gasteiger partial charge on any atom is -0.381 e. The van der Waals surface area contributed by atoms with E-state index in [-0.39, 0.29) is 23.6 Å². The molecular formula is C20H20N4O3. The Hall–Kier alpha value is -3.06. The fraction of sp³-hybridized carbons (Fsp3) is 0.300. The molecule has 1 amide bonds. The Bertz CT molecular complexity index is 877. The molecule has 3 aromatic rings. The molecular weight excluding hydrogens is 344 g/mol. The SMILES string of the molecule is O=C(N[C@H](c1cccnc1)C1CCOCC1)c1cc(-c2cccnc2)on1. The minimum absolute atomic E-state index is 0.145. The molecule has 0 aliphatic carbocycles. The Morgan fingerprint density at radius 1 is 1.11 bits per heavy atom. The Kier molecular flexibility index (Phi) is 5.20. The molecule has 7 heteroatoms. The zero-order valence-corrected chi connectivity index (χ0v) is 14.7. The molecule has 0 radical (unpaired) electrons. The maximum absolute atomic E-state index is 12.8. The summed E-state index contributed by atoms with van der Waals surface area (Å²) in [5.41, 5.74) is 2.00. The fourth-order valence-corrected chi connectivity index (χ4v) is 3.32. The van der Waals surface area contributed by atoms with Crippen LogP contribution in [0.4, 0.5) is 0 Å². The van der Waals surface area contributed by atoms with Crippen molar-refractivity contribution in [1.82, 2.24) is 20.4 Å². The van der Waals surface area contributed by atoms with Gasteiger partial charge in [0.15, 0.2) is 11.5 Å². The zero-order valence-electron chi connectivity index (χ0n) is 14.7. The van der Waals surface area contributed by atoms with Crippen molar-refractivity contribution in [2.24, 2.45) is 5.92 Å². The summed E-state index contributed by atoms with van der Waals surface area (Å²) in [5.74, 6) is 0.531. The van der Waals surface area contributed by atoms with Crippen LogP contribution in [0.5, 0.6) is 0 Å². The van der Waals surface area contributed by atoms with Crippen molar-refractivity contribution >= 4 is 5.91 Å². The monoisotopic (exact) mass is 364 g/mol. The van der Waals surface area contributed by atoms with Crippen LogP contribution < -0.4 is 5.32 Å². The molecule has 3 aromatic heterocycles. The molecule has 1 aliphatic rings. The number of nitrogens with one attached hydrogen (secondary N) is 1. The maximum atomic E-state index is 12.8. The number of hydrogen-bond donors (Lipinski definition) is 1. The lowest BCUT2D eigenvalue weighted by atomic mass is 9.87. The van der Waals surface area contributed by atoms with Crippen LogP contribution in [-0.4, -0.2) is 34.2 Å². The summed E-state index contributed by atoms with van der Waals surface area (Å²) in [6.45, 7) is 1.40. The van der Waals surface area contributed by atoms with Crippen molar-refractivity contribution in [2.75, 3.05) is 13.2 Å². The van der Waals surface area contributed by atoms with Crippen molar-refractivity contribution in [1.29, 1.82) is 0 Å². The van der Waals surface area contributed by atoms with E-state index < -0.39 is 0 Å². The van der Waals surface area contributed by atoms with Crippen LogP contribution in [0.3, 0.4) is 0 Å². The van der Waals surface area contributed by atoms with Crippen molar-refractivity contribution in [3.63, 3.8) is 0 Å². The van der Waals surface area contributed by atoms with Gasteiger partial charge in [-0.3, -0.25) is 14.8 Å². The first-order valence-corrected chi connectivity index (χ1v) is 8.97. The van der Waals surface area contributed by atoms with Crippen molar-refractivity contribution < 1.29 is 14.1 Å². The van der Waals surface area contributed by atoms with Gasteiger partial charge in [0.25, 0.3) is 5.91 Å². The minimum atomic E-state index is -0.269. The molecule has 1 atom stereocenters. The summed E-state index contributed by atoms with van der Waals surface area (Å²) in [5, 5.41) is 7.04. The molecule has 4 rings (SSSR count). The first-order chi connectivity index (χ1) is 13.3. The van der Waals surface area contributed by atoms with E-state index >= 15 is 0 Å². The highest BCUT2D eigenvalue weighted by Gasteiger charge is 2.28. The number of carbonyl (C=O) groups excluding carboxylic acids is 1. The summed E-state index contributed by atoms with van der Waals surface area (Å²) in [6, 6.07) is 9.02. The lowest BCUT2D eigenvalue weighted by Crippen LogP contribution is -2.36. The second kappa shape index (κ2) is 8.09. The molecule has 138 valence electrons. The average Bonchev–Trinajstić information content (AvgIpc) is 3.24. The lowest BCUT2D eigenvalue weighted by Gasteiger charge is -2.30. The first-order valence-electron chi connectivity index (χ1n) is 8.97. The third-order valence-electron chi connectivity index (χ3n) is 4.76. The number of carbonyl (C=O) groups is 1. The smallest absolute Gasteiger partial charge is 0.273 e. The predicted octanol–water partition coefficient (Wildman–Crippen LogP) is 3.03. The zero-order chi connectivity index (χ0) is 18.5. The van der Waals surface area contributed by atoms with E-state index in [1.807, 2.05) is 18.2 Å². The molecule has 7 nitrogen and oxygen atoms in total. The standard InChI is InChI=1S/C20H20N4O3/c25-20(17-11-18(27-24-17)15-3-1-7-21-12-15)23-19(14-5-9-26-10-6-14)16-4-2-8-22-13-16/h1-4,7-8,11-14,19H,5-6,9-10H2,(H,23,25)/t19-/m0/s1. The van der Waals surface area contributed by atoms with Crippen LogP contribution in [0, 0.1) is 5.92 Å². The third-order valence-corrected chi connectivity index (χ3v) is 4.76. The van der Waals surface area contributed by atoms with Gasteiger partial charge in [0, 0.05) is 49.6 Å². The highest BCUT2D eigenvalue weighted by atomic mass is 16.5. The molecule has 1 fully saturated rings. The molecule has 0 unspecified atom stereocenters. The lowest BCUT2D eigenvalue weighted by molar-refractivity contribution is 0.0512. The number of aromatic nitrogens is 3. The average molecular weight is 364 g/mol. The highest BCUT2D eigenvalue weighted by Crippen LogP contribution is 2.30. The molecule has 0 bridgehead atoms. The number of rotatable bonds is 5. The topological polar surface area (TPSA) is 90.1 Å². The van der Waals surface area contributed by atoms with Gasteiger partial charge >= 0.3 is 0 Å². The molecule has 1 saturated heterocycles. The van der Waals surface area contributed by atoms with E-state index in [1.54, 1.807) is 36.9 Å². The third kappa shape index (κ3) is 4.03. The van der Waals surface area contributed by atoms with E-state index in [0.29, 0.717) is 19.0 Å². The van der Waals surface area contributed by atoms with E-state index in [9.17, 15) is 4.79 Å². The van der Waals surface area contributed by atoms with Gasteiger partial charge in [0.1, 0.15) is 0 Å². The number of nitrogens with zero attached hydrogens (tertiary/aromatic N) is 3. The van der Waals surface area contributed by atoms with Gasteiger partial charge in [-0.25, -0.2) is 0 Å². The molecule has 0 spiro atoms. The Morgan fingerprint density at radius 2 is 1.89 bits per heavy atom. The summed E-state index contributed by atoms with van der Waals surface area (Å²) < 4.78 is 10.8. The van der Waals surface area contributed by atoms with Crippen LogP contribution in [0.25, 0.3) is 11.3 Å². The molecule has 27 heavy (non-hydrogen) atoms. The van der Waals surface area contributed by atoms with Gasteiger partial charge in [0.05, 0.1) is 6.04 Å². The number of ether oxygens (including phenoxy) is 1. The second-order valence-electron chi connectivity index (χ2n) is 6.51. The number of pyridine rings is 2. The van der Waals surface area contributed by atoms with Gasteiger partial charge in [-0.05, 0) is 42.5 Å². The highest BCUT2D eigenvalue weighted by molar-refractivity contribution is 5.93. The molecule has 4 heterocycles. The van der Waals surface area contributed by atoms with Crippen LogP contribution in [0.15, 0.2) is 59.6 Å². The van der Waals surface area contributed by atoms with Crippen LogP contribution >= 0.6 is 0 Å². The van der Waals surface area contributed by atoms with E-state index in [2.05, 4.69) is 20.4 Å². The van der Waals surface area contributed by atoms with Gasteiger partial charge in [-0.2, -0.15) is 0 Å². The Labute approximate surface area is 156 Å². The van der Waals surface area contributed by atoms with Crippen molar-refractivity contribution in [3.05, 3.63) is 66.4 Å². The van der Waals surface area contributed by atoms with E-state index in [0.717, 1.165) is 24.0 Å². The van der Waals surface area contributed by atoms with E-state index in [4.69, 9.17) is 9.26 Å². The van der Waals surface area contributed by atoms with Gasteiger partial charge in [-0.15, -0.1) is 0 Å². The molecule has 1 aliphatic heterocycles. The van der Waals surface area contributed by atoms with Gasteiger partial charge < -0.3 is 14.6 Å². The summed E-state index contributed by atoms with van der Waals surface area (Å²) in [4.78, 5) is 21.1. The summed E-state index contributed by atoms with van der Waals surface area (Å²) in [7, 11) is 0.